The van der Waals surface area contributed by atoms with Crippen molar-refractivity contribution in [3.05, 3.63) is 72.8 Å². The molecule has 2 heterocycles. The molecule has 108 valence electrons. The molecule has 2 aromatic carbocycles. The van der Waals surface area contributed by atoms with Gasteiger partial charge in [0.15, 0.2) is 11.5 Å². The standard InChI is InChI=1S/C17H12NO3P/c1-2-7-13(8-3-1)14-9-6-12-17(18-14)21-22-19-15-10-4-5-11-16(15)20-22/h1-12H. The average molecular weight is 309 g/mol. The Kier molecular flexibility index (Phi) is 3.37. The van der Waals surface area contributed by atoms with Crippen LogP contribution in [0.2, 0.25) is 0 Å². The second kappa shape index (κ2) is 5.66. The number of para-hydroxylation sites is 2. The second-order valence-corrected chi connectivity index (χ2v) is 5.67. The highest BCUT2D eigenvalue weighted by molar-refractivity contribution is 7.43. The number of hydrogen-bond acceptors (Lipinski definition) is 4. The fraction of sp³-hybridized carbons (Fsp3) is 0. The number of hydrogen-bond donors (Lipinski definition) is 0. The third-order valence-electron chi connectivity index (χ3n) is 3.16. The molecule has 0 bridgehead atoms. The minimum absolute atomic E-state index is 0.486. The highest BCUT2D eigenvalue weighted by Gasteiger charge is 2.29. The van der Waals surface area contributed by atoms with Crippen LogP contribution in [0.1, 0.15) is 0 Å². The molecule has 0 spiro atoms. The molecule has 0 saturated carbocycles. The fourth-order valence-corrected chi connectivity index (χ4v) is 3.12. The first-order chi connectivity index (χ1) is 10.9. The molecule has 22 heavy (non-hydrogen) atoms. The minimum atomic E-state index is -1.49. The predicted molar refractivity (Wildman–Crippen MR) is 84.9 cm³/mol. The monoisotopic (exact) mass is 309 g/mol. The summed E-state index contributed by atoms with van der Waals surface area (Å²) in [5, 5.41) is 0. The molecule has 1 aromatic heterocycles. The number of nitrogens with zero attached hydrogens (tertiary/aromatic N) is 1. The first-order valence-electron chi connectivity index (χ1n) is 6.84. The van der Waals surface area contributed by atoms with E-state index in [1.165, 1.54) is 0 Å². The van der Waals surface area contributed by atoms with E-state index in [2.05, 4.69) is 4.98 Å². The zero-order chi connectivity index (χ0) is 14.8. The molecule has 0 fully saturated rings. The highest BCUT2D eigenvalue weighted by Crippen LogP contribution is 2.52. The number of rotatable bonds is 3. The Balaban J connectivity index is 1.53. The van der Waals surface area contributed by atoms with E-state index in [0.29, 0.717) is 17.4 Å². The van der Waals surface area contributed by atoms with Crippen LogP contribution in [-0.4, -0.2) is 4.98 Å². The first-order valence-corrected chi connectivity index (χ1v) is 7.93. The van der Waals surface area contributed by atoms with Crippen LogP contribution in [0.4, 0.5) is 0 Å². The summed E-state index contributed by atoms with van der Waals surface area (Å²) in [6.07, 6.45) is 0. The molecule has 1 aliphatic rings. The smallest absolute Gasteiger partial charge is 0.404 e. The number of aromatic nitrogens is 1. The van der Waals surface area contributed by atoms with Gasteiger partial charge in [-0.3, -0.25) is 0 Å². The van der Waals surface area contributed by atoms with E-state index in [-0.39, 0.29) is 0 Å². The van der Waals surface area contributed by atoms with Gasteiger partial charge in [-0.05, 0) is 18.2 Å². The largest absolute Gasteiger partial charge is 0.531 e. The van der Waals surface area contributed by atoms with E-state index in [0.717, 1.165) is 11.3 Å². The van der Waals surface area contributed by atoms with Crippen LogP contribution < -0.4 is 13.6 Å². The molecule has 4 rings (SSSR count). The van der Waals surface area contributed by atoms with Gasteiger partial charge in [0.05, 0.1) is 5.69 Å². The van der Waals surface area contributed by atoms with Crippen LogP contribution in [0.5, 0.6) is 17.4 Å². The normalized spacial score (nSPS) is 13.1. The molecule has 0 saturated heterocycles. The Morgan fingerprint density at radius 2 is 1.41 bits per heavy atom. The topological polar surface area (TPSA) is 40.6 Å². The van der Waals surface area contributed by atoms with Gasteiger partial charge >= 0.3 is 8.60 Å². The average Bonchev–Trinajstić information content (AvgIpc) is 2.98. The molecule has 0 aliphatic carbocycles. The van der Waals surface area contributed by atoms with Crippen molar-refractivity contribution in [3.63, 3.8) is 0 Å². The van der Waals surface area contributed by atoms with Crippen LogP contribution in [-0.2, 0) is 0 Å². The molecular formula is C17H12NO3P. The zero-order valence-corrected chi connectivity index (χ0v) is 12.4. The first kappa shape index (κ1) is 13.1. The van der Waals surface area contributed by atoms with Crippen molar-refractivity contribution in [3.8, 4) is 28.6 Å². The van der Waals surface area contributed by atoms with E-state index in [1.54, 1.807) is 6.07 Å². The van der Waals surface area contributed by atoms with Crippen molar-refractivity contribution in [2.75, 3.05) is 0 Å². The summed E-state index contributed by atoms with van der Waals surface area (Å²) in [4.78, 5) is 4.50. The van der Waals surface area contributed by atoms with Crippen LogP contribution in [0, 0.1) is 0 Å². The van der Waals surface area contributed by atoms with Crippen LogP contribution >= 0.6 is 8.60 Å². The van der Waals surface area contributed by atoms with Gasteiger partial charge in [-0.1, -0.05) is 48.5 Å². The molecule has 0 amide bonds. The summed E-state index contributed by atoms with van der Waals surface area (Å²) in [5.41, 5.74) is 1.89. The number of pyridine rings is 1. The van der Waals surface area contributed by atoms with Gasteiger partial charge in [-0.2, -0.15) is 0 Å². The van der Waals surface area contributed by atoms with Gasteiger partial charge in [0, 0.05) is 11.6 Å². The van der Waals surface area contributed by atoms with Crippen molar-refractivity contribution < 1.29 is 13.6 Å². The third-order valence-corrected chi connectivity index (χ3v) is 4.18. The lowest BCUT2D eigenvalue weighted by atomic mass is 10.1. The summed E-state index contributed by atoms with van der Waals surface area (Å²) in [6, 6.07) is 23.1. The lowest BCUT2D eigenvalue weighted by Gasteiger charge is -2.09. The Labute approximate surface area is 129 Å². The Bertz CT molecular complexity index is 770. The maximum Gasteiger partial charge on any atom is 0.531 e. The summed E-state index contributed by atoms with van der Waals surface area (Å²) in [5.74, 6) is 1.89. The molecule has 0 unspecified atom stereocenters. The third kappa shape index (κ3) is 2.61. The molecule has 3 aromatic rings. The summed E-state index contributed by atoms with van der Waals surface area (Å²) >= 11 is 0. The Hall–Kier alpha value is -2.58. The lowest BCUT2D eigenvalue weighted by molar-refractivity contribution is 0.427. The van der Waals surface area contributed by atoms with Crippen molar-refractivity contribution >= 4 is 8.60 Å². The van der Waals surface area contributed by atoms with Crippen LogP contribution in [0.25, 0.3) is 11.3 Å². The van der Waals surface area contributed by atoms with E-state index in [9.17, 15) is 0 Å². The molecule has 0 radical (unpaired) electrons. The van der Waals surface area contributed by atoms with E-state index >= 15 is 0 Å². The zero-order valence-electron chi connectivity index (χ0n) is 11.5. The number of fused-ring (bicyclic) bond motifs is 1. The Morgan fingerprint density at radius 3 is 2.14 bits per heavy atom. The predicted octanol–water partition coefficient (Wildman–Crippen LogP) is 4.83. The SMILES string of the molecule is c1ccc(-c2cccc(OP3Oc4ccccc4O3)n2)cc1. The number of benzene rings is 2. The van der Waals surface area contributed by atoms with E-state index in [4.69, 9.17) is 13.6 Å². The maximum atomic E-state index is 5.73. The molecular weight excluding hydrogens is 297 g/mol. The molecule has 1 aliphatic heterocycles. The second-order valence-electron chi connectivity index (χ2n) is 4.67. The van der Waals surface area contributed by atoms with Gasteiger partial charge in [0.25, 0.3) is 0 Å². The van der Waals surface area contributed by atoms with Gasteiger partial charge in [-0.15, -0.1) is 0 Å². The highest BCUT2D eigenvalue weighted by atomic mass is 31.2. The molecule has 0 N–H and O–H groups in total. The van der Waals surface area contributed by atoms with Crippen molar-refractivity contribution in [2.45, 2.75) is 0 Å². The summed E-state index contributed by atoms with van der Waals surface area (Å²) in [7, 11) is -1.49. The summed E-state index contributed by atoms with van der Waals surface area (Å²) < 4.78 is 17.0. The quantitative estimate of drug-likeness (QED) is 0.650. The van der Waals surface area contributed by atoms with Gasteiger partial charge in [0.1, 0.15) is 0 Å². The van der Waals surface area contributed by atoms with E-state index < -0.39 is 8.60 Å². The van der Waals surface area contributed by atoms with Crippen molar-refractivity contribution in [1.29, 1.82) is 0 Å². The molecule has 5 heteroatoms. The molecule has 4 nitrogen and oxygen atoms in total. The lowest BCUT2D eigenvalue weighted by Crippen LogP contribution is -1.97. The van der Waals surface area contributed by atoms with Gasteiger partial charge in [-0.25, -0.2) is 4.98 Å². The van der Waals surface area contributed by atoms with Gasteiger partial charge in [0.2, 0.25) is 5.88 Å². The molecule has 0 atom stereocenters. The van der Waals surface area contributed by atoms with Crippen molar-refractivity contribution in [2.24, 2.45) is 0 Å². The van der Waals surface area contributed by atoms with Gasteiger partial charge < -0.3 is 13.6 Å². The van der Waals surface area contributed by atoms with Crippen LogP contribution in [0.15, 0.2) is 72.8 Å². The minimum Gasteiger partial charge on any atom is -0.404 e. The Morgan fingerprint density at radius 1 is 0.727 bits per heavy atom. The van der Waals surface area contributed by atoms with Crippen LogP contribution in [0.3, 0.4) is 0 Å². The summed E-state index contributed by atoms with van der Waals surface area (Å²) in [6.45, 7) is 0. The van der Waals surface area contributed by atoms with Crippen molar-refractivity contribution in [1.82, 2.24) is 4.98 Å². The fourth-order valence-electron chi connectivity index (χ4n) is 2.13. The maximum absolute atomic E-state index is 5.73. The van der Waals surface area contributed by atoms with E-state index in [1.807, 2.05) is 66.7 Å².